The minimum absolute atomic E-state index is 0.149. The van der Waals surface area contributed by atoms with Crippen molar-refractivity contribution in [1.82, 2.24) is 15.3 Å². The van der Waals surface area contributed by atoms with Crippen LogP contribution in [-0.2, 0) is 11.3 Å². The van der Waals surface area contributed by atoms with E-state index in [1.807, 2.05) is 43.1 Å². The van der Waals surface area contributed by atoms with Gasteiger partial charge in [-0.15, -0.1) is 0 Å². The van der Waals surface area contributed by atoms with Crippen molar-refractivity contribution in [3.63, 3.8) is 0 Å². The van der Waals surface area contributed by atoms with Gasteiger partial charge in [0.05, 0.1) is 36.4 Å². The predicted molar refractivity (Wildman–Crippen MR) is 82.7 cm³/mol. The molecule has 0 bridgehead atoms. The number of rotatable bonds is 3. The van der Waals surface area contributed by atoms with Gasteiger partial charge < -0.3 is 15.0 Å². The Bertz CT molecular complexity index is 672. The SMILES string of the molecule is Cc1cnc(CNC(=O)[C@@H]2CN(C)c3ccccc3O2)cn1. The van der Waals surface area contributed by atoms with Crippen LogP contribution in [0.5, 0.6) is 5.75 Å². The molecule has 2 heterocycles. The summed E-state index contributed by atoms with van der Waals surface area (Å²) in [6.07, 6.45) is 2.82. The van der Waals surface area contributed by atoms with E-state index in [1.54, 1.807) is 12.4 Å². The lowest BCUT2D eigenvalue weighted by Gasteiger charge is -2.32. The molecule has 0 saturated heterocycles. The molecule has 0 aliphatic carbocycles. The molecule has 0 radical (unpaired) electrons. The Morgan fingerprint density at radius 2 is 2.18 bits per heavy atom. The topological polar surface area (TPSA) is 67.4 Å². The highest BCUT2D eigenvalue weighted by Crippen LogP contribution is 2.31. The molecule has 1 atom stereocenters. The summed E-state index contributed by atoms with van der Waals surface area (Å²) in [6.45, 7) is 2.73. The standard InChI is InChI=1S/C16H18N4O2/c1-11-7-18-12(8-17-11)9-19-16(21)15-10-20(2)13-5-3-4-6-14(13)22-15/h3-8,15H,9-10H2,1-2H3,(H,19,21)/t15-/m0/s1. The van der Waals surface area contributed by atoms with Crippen LogP contribution in [0.25, 0.3) is 0 Å². The molecule has 6 heteroatoms. The Morgan fingerprint density at radius 3 is 2.95 bits per heavy atom. The minimum Gasteiger partial charge on any atom is -0.477 e. The molecular weight excluding hydrogens is 280 g/mol. The second-order valence-electron chi connectivity index (χ2n) is 5.32. The molecule has 0 unspecified atom stereocenters. The van der Waals surface area contributed by atoms with Crippen LogP contribution < -0.4 is 15.0 Å². The molecule has 22 heavy (non-hydrogen) atoms. The molecule has 3 rings (SSSR count). The number of nitrogens with zero attached hydrogens (tertiary/aromatic N) is 3. The Balaban J connectivity index is 1.63. The van der Waals surface area contributed by atoms with E-state index in [4.69, 9.17) is 4.74 Å². The van der Waals surface area contributed by atoms with E-state index >= 15 is 0 Å². The van der Waals surface area contributed by atoms with Gasteiger partial charge in [0, 0.05) is 13.2 Å². The Labute approximate surface area is 129 Å². The number of nitrogens with one attached hydrogen (secondary N) is 1. The van der Waals surface area contributed by atoms with E-state index in [1.165, 1.54) is 0 Å². The van der Waals surface area contributed by atoms with Crippen LogP contribution in [0.15, 0.2) is 36.7 Å². The number of hydrogen-bond donors (Lipinski definition) is 1. The second kappa shape index (κ2) is 6.01. The zero-order chi connectivity index (χ0) is 15.5. The summed E-state index contributed by atoms with van der Waals surface area (Å²) in [5.74, 6) is 0.579. The predicted octanol–water partition coefficient (Wildman–Crippen LogP) is 1.30. The average molecular weight is 298 g/mol. The summed E-state index contributed by atoms with van der Waals surface area (Å²) in [6, 6.07) is 7.70. The number of hydrogen-bond acceptors (Lipinski definition) is 5. The maximum absolute atomic E-state index is 12.3. The lowest BCUT2D eigenvalue weighted by Crippen LogP contribution is -2.47. The van der Waals surface area contributed by atoms with Crippen LogP contribution in [0, 0.1) is 6.92 Å². The van der Waals surface area contributed by atoms with Gasteiger partial charge in [-0.2, -0.15) is 0 Å². The van der Waals surface area contributed by atoms with Crippen LogP contribution in [0.4, 0.5) is 5.69 Å². The number of anilines is 1. The second-order valence-corrected chi connectivity index (χ2v) is 5.32. The first-order valence-corrected chi connectivity index (χ1v) is 7.15. The number of likely N-dealkylation sites (N-methyl/N-ethyl adjacent to an activating group) is 1. The molecule has 114 valence electrons. The summed E-state index contributed by atoms with van der Waals surface area (Å²) in [5, 5.41) is 2.85. The van der Waals surface area contributed by atoms with Gasteiger partial charge >= 0.3 is 0 Å². The van der Waals surface area contributed by atoms with E-state index in [0.717, 1.165) is 22.8 Å². The summed E-state index contributed by atoms with van der Waals surface area (Å²) in [4.78, 5) is 22.7. The number of aryl methyl sites for hydroxylation is 1. The van der Waals surface area contributed by atoms with Gasteiger partial charge in [-0.05, 0) is 19.1 Å². The zero-order valence-electron chi connectivity index (χ0n) is 12.6. The average Bonchev–Trinajstić information content (AvgIpc) is 2.54. The fraction of sp³-hybridized carbons (Fsp3) is 0.312. The Hall–Kier alpha value is -2.63. The van der Waals surface area contributed by atoms with Crippen LogP contribution in [0.1, 0.15) is 11.4 Å². The zero-order valence-corrected chi connectivity index (χ0v) is 12.6. The van der Waals surface area contributed by atoms with Crippen molar-refractivity contribution in [2.24, 2.45) is 0 Å². The van der Waals surface area contributed by atoms with Gasteiger partial charge in [0.1, 0.15) is 5.75 Å². The number of ether oxygens (including phenoxy) is 1. The highest BCUT2D eigenvalue weighted by Gasteiger charge is 2.28. The third-order valence-corrected chi connectivity index (χ3v) is 3.56. The first kappa shape index (κ1) is 14.3. The van der Waals surface area contributed by atoms with E-state index in [0.29, 0.717) is 13.1 Å². The fourth-order valence-corrected chi connectivity index (χ4v) is 2.35. The number of amides is 1. The fourth-order valence-electron chi connectivity index (χ4n) is 2.35. The molecule has 1 aliphatic heterocycles. The third kappa shape index (κ3) is 3.00. The first-order chi connectivity index (χ1) is 10.6. The molecule has 0 fully saturated rings. The molecule has 0 spiro atoms. The summed E-state index contributed by atoms with van der Waals surface area (Å²) in [5.41, 5.74) is 2.57. The smallest absolute Gasteiger partial charge is 0.263 e. The van der Waals surface area contributed by atoms with Gasteiger partial charge in [-0.25, -0.2) is 0 Å². The largest absolute Gasteiger partial charge is 0.477 e. The van der Waals surface area contributed by atoms with Gasteiger partial charge in [0.15, 0.2) is 6.10 Å². The number of aromatic nitrogens is 2. The van der Waals surface area contributed by atoms with Gasteiger partial charge in [0.2, 0.25) is 0 Å². The number of fused-ring (bicyclic) bond motifs is 1. The van der Waals surface area contributed by atoms with Crippen molar-refractivity contribution >= 4 is 11.6 Å². The molecule has 0 saturated carbocycles. The highest BCUT2D eigenvalue weighted by atomic mass is 16.5. The van der Waals surface area contributed by atoms with Gasteiger partial charge in [-0.1, -0.05) is 12.1 Å². The summed E-state index contributed by atoms with van der Waals surface area (Å²) < 4.78 is 5.78. The van der Waals surface area contributed by atoms with Crippen LogP contribution in [0.2, 0.25) is 0 Å². The molecule has 1 aromatic carbocycles. The third-order valence-electron chi connectivity index (χ3n) is 3.56. The van der Waals surface area contributed by atoms with Crippen molar-refractivity contribution in [3.8, 4) is 5.75 Å². The monoisotopic (exact) mass is 298 g/mol. The lowest BCUT2D eigenvalue weighted by atomic mass is 10.2. The van der Waals surface area contributed by atoms with E-state index in [9.17, 15) is 4.79 Å². The van der Waals surface area contributed by atoms with Crippen molar-refractivity contribution in [3.05, 3.63) is 48.0 Å². The maximum atomic E-state index is 12.3. The van der Waals surface area contributed by atoms with Crippen molar-refractivity contribution in [1.29, 1.82) is 0 Å². The van der Waals surface area contributed by atoms with Crippen molar-refractivity contribution < 1.29 is 9.53 Å². The molecule has 1 N–H and O–H groups in total. The van der Waals surface area contributed by atoms with E-state index < -0.39 is 6.10 Å². The minimum atomic E-state index is -0.529. The Kier molecular flexibility index (Phi) is 3.91. The highest BCUT2D eigenvalue weighted by molar-refractivity contribution is 5.83. The number of carbonyl (C=O) groups is 1. The molecule has 2 aromatic rings. The van der Waals surface area contributed by atoms with Crippen LogP contribution >= 0.6 is 0 Å². The molecule has 1 amide bonds. The van der Waals surface area contributed by atoms with Gasteiger partial charge in [0.25, 0.3) is 5.91 Å². The maximum Gasteiger partial charge on any atom is 0.263 e. The van der Waals surface area contributed by atoms with Gasteiger partial charge in [-0.3, -0.25) is 14.8 Å². The summed E-state index contributed by atoms with van der Waals surface area (Å²) in [7, 11) is 1.95. The van der Waals surface area contributed by atoms with Crippen LogP contribution in [-0.4, -0.2) is 35.6 Å². The Morgan fingerprint density at radius 1 is 1.36 bits per heavy atom. The van der Waals surface area contributed by atoms with Crippen molar-refractivity contribution in [2.75, 3.05) is 18.5 Å². The van der Waals surface area contributed by atoms with Crippen LogP contribution in [0.3, 0.4) is 0 Å². The number of benzene rings is 1. The van der Waals surface area contributed by atoms with E-state index in [2.05, 4.69) is 15.3 Å². The molecule has 1 aromatic heterocycles. The number of para-hydroxylation sites is 2. The molecular formula is C16H18N4O2. The van der Waals surface area contributed by atoms with E-state index in [-0.39, 0.29) is 5.91 Å². The summed E-state index contributed by atoms with van der Waals surface area (Å²) >= 11 is 0. The normalized spacial score (nSPS) is 16.6. The first-order valence-electron chi connectivity index (χ1n) is 7.15. The van der Waals surface area contributed by atoms with Crippen molar-refractivity contribution in [2.45, 2.75) is 19.6 Å². The molecule has 6 nitrogen and oxygen atoms in total. The lowest BCUT2D eigenvalue weighted by molar-refractivity contribution is -0.128. The quantitative estimate of drug-likeness (QED) is 0.925. The number of carbonyl (C=O) groups excluding carboxylic acids is 1. The molecule has 1 aliphatic rings.